The highest BCUT2D eigenvalue weighted by Gasteiger charge is 2.34. The number of amides is 2. The zero-order valence-electron chi connectivity index (χ0n) is 23.8. The van der Waals surface area contributed by atoms with Crippen LogP contribution in [0.3, 0.4) is 0 Å². The zero-order valence-corrected chi connectivity index (χ0v) is 24.6. The van der Waals surface area contributed by atoms with Crippen molar-refractivity contribution in [3.63, 3.8) is 0 Å². The second kappa shape index (κ2) is 13.8. The zero-order chi connectivity index (χ0) is 31.0. The molecule has 1 N–H and O–H groups in total. The highest BCUT2D eigenvalue weighted by atomic mass is 32.2. The van der Waals surface area contributed by atoms with Crippen LogP contribution < -0.4 is 9.62 Å². The first-order chi connectivity index (χ1) is 20.6. The molecule has 11 heteroatoms. The van der Waals surface area contributed by atoms with Gasteiger partial charge in [0.2, 0.25) is 11.8 Å². The predicted molar refractivity (Wildman–Crippen MR) is 164 cm³/mol. The monoisotopic (exact) mass is 600 g/mol. The summed E-state index contributed by atoms with van der Waals surface area (Å²) in [6.45, 7) is 1.26. The van der Waals surface area contributed by atoms with Gasteiger partial charge in [-0.05, 0) is 36.2 Å². The fourth-order valence-corrected chi connectivity index (χ4v) is 6.05. The Morgan fingerprint density at radius 2 is 1.49 bits per heavy atom. The molecular weight excluding hydrogens is 568 g/mol. The summed E-state index contributed by atoms with van der Waals surface area (Å²) in [6.07, 6.45) is 0.181. The van der Waals surface area contributed by atoms with Gasteiger partial charge < -0.3 is 10.2 Å². The molecule has 0 heterocycles. The SMILES string of the molecule is CNC(=O)[C@H](Cc1ccccc1)N(Cc1ccc(C)cc1)C(=O)CN(c1cccc([N+](=O)[O-])c1)S(=O)(=O)c1ccccc1. The molecule has 222 valence electrons. The predicted octanol–water partition coefficient (Wildman–Crippen LogP) is 4.48. The molecular formula is C32H32N4O6S. The number of carbonyl (C=O) groups is 2. The maximum absolute atomic E-state index is 14.3. The van der Waals surface area contributed by atoms with Crippen LogP contribution in [0.5, 0.6) is 0 Å². The van der Waals surface area contributed by atoms with E-state index in [0.717, 1.165) is 27.1 Å². The Kier molecular flexibility index (Phi) is 9.89. The van der Waals surface area contributed by atoms with Gasteiger partial charge in [-0.2, -0.15) is 0 Å². The van der Waals surface area contributed by atoms with Crippen molar-refractivity contribution in [3.05, 3.63) is 136 Å². The van der Waals surface area contributed by atoms with E-state index >= 15 is 0 Å². The van der Waals surface area contributed by atoms with Crippen molar-refractivity contribution in [2.24, 2.45) is 0 Å². The number of nitro benzene ring substituents is 1. The van der Waals surface area contributed by atoms with Gasteiger partial charge in [0.15, 0.2) is 0 Å². The summed E-state index contributed by atoms with van der Waals surface area (Å²) in [4.78, 5) is 39.7. The molecule has 43 heavy (non-hydrogen) atoms. The van der Waals surface area contributed by atoms with Crippen molar-refractivity contribution >= 4 is 33.2 Å². The van der Waals surface area contributed by atoms with Crippen molar-refractivity contribution < 1.29 is 22.9 Å². The fourth-order valence-electron chi connectivity index (χ4n) is 4.62. The van der Waals surface area contributed by atoms with Crippen molar-refractivity contribution in [3.8, 4) is 0 Å². The number of nitrogens with one attached hydrogen (secondary N) is 1. The van der Waals surface area contributed by atoms with Gasteiger partial charge in [0.25, 0.3) is 15.7 Å². The molecule has 1 atom stereocenters. The van der Waals surface area contributed by atoms with Crippen LogP contribution in [0, 0.1) is 17.0 Å². The van der Waals surface area contributed by atoms with E-state index in [0.29, 0.717) is 0 Å². The van der Waals surface area contributed by atoms with Crippen LogP contribution in [-0.4, -0.2) is 49.7 Å². The van der Waals surface area contributed by atoms with Crippen LogP contribution in [0.4, 0.5) is 11.4 Å². The number of non-ortho nitro benzene ring substituents is 1. The number of benzene rings is 4. The summed E-state index contributed by atoms with van der Waals surface area (Å²) in [7, 11) is -2.88. The maximum Gasteiger partial charge on any atom is 0.271 e. The first kappa shape index (κ1) is 30.9. The minimum atomic E-state index is -4.35. The summed E-state index contributed by atoms with van der Waals surface area (Å²) >= 11 is 0. The summed E-state index contributed by atoms with van der Waals surface area (Å²) in [5, 5.41) is 14.2. The molecule has 0 aliphatic heterocycles. The van der Waals surface area contributed by atoms with E-state index in [1.165, 1.54) is 42.3 Å². The second-order valence-corrected chi connectivity index (χ2v) is 11.8. The maximum atomic E-state index is 14.3. The Morgan fingerprint density at radius 1 is 0.860 bits per heavy atom. The van der Waals surface area contributed by atoms with Crippen LogP contribution in [0.15, 0.2) is 114 Å². The average molecular weight is 601 g/mol. The van der Waals surface area contributed by atoms with Gasteiger partial charge in [-0.15, -0.1) is 0 Å². The average Bonchev–Trinajstić information content (AvgIpc) is 3.02. The van der Waals surface area contributed by atoms with Gasteiger partial charge in [-0.1, -0.05) is 84.4 Å². The van der Waals surface area contributed by atoms with Crippen LogP contribution in [-0.2, 0) is 32.6 Å². The van der Waals surface area contributed by atoms with Crippen molar-refractivity contribution in [2.75, 3.05) is 17.9 Å². The van der Waals surface area contributed by atoms with Crippen LogP contribution in [0.2, 0.25) is 0 Å². The minimum Gasteiger partial charge on any atom is -0.357 e. The molecule has 0 saturated carbocycles. The van der Waals surface area contributed by atoms with Crippen molar-refractivity contribution in [1.82, 2.24) is 10.2 Å². The molecule has 0 unspecified atom stereocenters. The quantitative estimate of drug-likeness (QED) is 0.189. The molecule has 10 nitrogen and oxygen atoms in total. The topological polar surface area (TPSA) is 130 Å². The van der Waals surface area contributed by atoms with E-state index in [2.05, 4.69) is 5.32 Å². The third-order valence-corrected chi connectivity index (χ3v) is 8.72. The third-order valence-electron chi connectivity index (χ3n) is 6.93. The summed E-state index contributed by atoms with van der Waals surface area (Å²) in [6, 6.07) is 28.3. The Hall–Kier alpha value is -5.03. The van der Waals surface area contributed by atoms with Gasteiger partial charge in [0, 0.05) is 32.1 Å². The molecule has 0 fully saturated rings. The smallest absolute Gasteiger partial charge is 0.271 e. The van der Waals surface area contributed by atoms with Crippen LogP contribution in [0.25, 0.3) is 0 Å². The Balaban J connectivity index is 1.80. The standard InChI is InChI=1S/C32H32N4O6S/c1-24-16-18-26(19-17-24)22-34(30(32(38)33-2)20-25-10-5-3-6-11-25)31(37)23-35(27-12-9-13-28(21-27)36(39)40)43(41,42)29-14-7-4-8-15-29/h3-19,21,30H,20,22-23H2,1-2H3,(H,33,38)/t30-/m0/s1. The lowest BCUT2D eigenvalue weighted by Gasteiger charge is -2.33. The minimum absolute atomic E-state index is 0.0260. The number of anilines is 1. The van der Waals surface area contributed by atoms with Gasteiger partial charge in [0.05, 0.1) is 15.5 Å². The number of hydrogen-bond donors (Lipinski definition) is 1. The molecule has 2 amide bonds. The first-order valence-corrected chi connectivity index (χ1v) is 15.0. The lowest BCUT2D eigenvalue weighted by Crippen LogP contribution is -2.53. The first-order valence-electron chi connectivity index (χ1n) is 13.5. The highest BCUT2D eigenvalue weighted by Crippen LogP contribution is 2.28. The van der Waals surface area contributed by atoms with E-state index in [9.17, 15) is 28.1 Å². The molecule has 0 spiro atoms. The van der Waals surface area contributed by atoms with Gasteiger partial charge in [-0.25, -0.2) is 8.42 Å². The van der Waals surface area contributed by atoms with E-state index < -0.39 is 39.3 Å². The number of aryl methyl sites for hydroxylation is 1. The largest absolute Gasteiger partial charge is 0.357 e. The Bertz CT molecular complexity index is 1680. The van der Waals surface area contributed by atoms with Gasteiger partial charge in [-0.3, -0.25) is 24.0 Å². The summed E-state index contributed by atoms with van der Waals surface area (Å²) < 4.78 is 28.7. The van der Waals surface area contributed by atoms with Crippen molar-refractivity contribution in [2.45, 2.75) is 30.8 Å². The Morgan fingerprint density at radius 3 is 2.09 bits per heavy atom. The lowest BCUT2D eigenvalue weighted by atomic mass is 10.0. The molecule has 0 radical (unpaired) electrons. The number of nitro groups is 1. The van der Waals surface area contributed by atoms with Gasteiger partial charge >= 0.3 is 0 Å². The molecule has 4 aromatic carbocycles. The van der Waals surface area contributed by atoms with E-state index in [1.807, 2.05) is 61.5 Å². The van der Waals surface area contributed by atoms with Crippen LogP contribution >= 0.6 is 0 Å². The summed E-state index contributed by atoms with van der Waals surface area (Å²) in [5.74, 6) is -1.08. The number of nitrogens with zero attached hydrogens (tertiary/aromatic N) is 3. The highest BCUT2D eigenvalue weighted by molar-refractivity contribution is 7.92. The number of hydrogen-bond acceptors (Lipinski definition) is 6. The van der Waals surface area contributed by atoms with Crippen molar-refractivity contribution in [1.29, 1.82) is 0 Å². The van der Waals surface area contributed by atoms with E-state index in [-0.39, 0.29) is 29.2 Å². The van der Waals surface area contributed by atoms with E-state index in [4.69, 9.17) is 0 Å². The molecule has 0 bridgehead atoms. The molecule has 0 aromatic heterocycles. The summed E-state index contributed by atoms with van der Waals surface area (Å²) in [5.41, 5.74) is 2.18. The molecule has 4 aromatic rings. The fraction of sp³-hybridized carbons (Fsp3) is 0.188. The number of rotatable bonds is 12. The van der Waals surface area contributed by atoms with Crippen LogP contribution in [0.1, 0.15) is 16.7 Å². The number of carbonyl (C=O) groups excluding carboxylic acids is 2. The third kappa shape index (κ3) is 7.63. The Labute approximate surface area is 250 Å². The van der Waals surface area contributed by atoms with Gasteiger partial charge in [0.1, 0.15) is 12.6 Å². The lowest BCUT2D eigenvalue weighted by molar-refractivity contribution is -0.384. The molecule has 0 aliphatic rings. The molecule has 0 saturated heterocycles. The number of likely N-dealkylation sites (N-methyl/N-ethyl adjacent to an activating group) is 1. The molecule has 0 aliphatic carbocycles. The number of sulfonamides is 1. The second-order valence-electron chi connectivity index (χ2n) is 9.93. The molecule has 4 rings (SSSR count). The normalized spacial score (nSPS) is 11.8. The van der Waals surface area contributed by atoms with E-state index in [1.54, 1.807) is 18.2 Å².